The van der Waals surface area contributed by atoms with E-state index in [4.69, 9.17) is 11.6 Å². The molecule has 86 valence electrons. The lowest BCUT2D eigenvalue weighted by molar-refractivity contribution is 0.755. The van der Waals surface area contributed by atoms with Crippen LogP contribution in [0.25, 0.3) is 21.9 Å². The van der Waals surface area contributed by atoms with Gasteiger partial charge >= 0.3 is 0 Å². The zero-order valence-corrected chi connectivity index (χ0v) is 10.5. The molecule has 0 N–H and O–H groups in total. The van der Waals surface area contributed by atoms with Gasteiger partial charge in [0.05, 0.1) is 11.0 Å². The van der Waals surface area contributed by atoms with Gasteiger partial charge in [-0.2, -0.15) is 0 Å². The molecule has 17 heavy (non-hydrogen) atoms. The normalized spacial score (nSPS) is 11.5. The third-order valence-corrected chi connectivity index (χ3v) is 3.31. The first-order valence-corrected chi connectivity index (χ1v) is 6.01. The van der Waals surface area contributed by atoms with E-state index in [1.807, 2.05) is 25.1 Å². The number of rotatable bonds is 1. The fourth-order valence-corrected chi connectivity index (χ4v) is 2.52. The van der Waals surface area contributed by atoms with E-state index in [0.717, 1.165) is 34.3 Å². The maximum Gasteiger partial charge on any atom is 0.157 e. The number of pyridine rings is 1. The number of nitrogens with zero attached hydrogens (tertiary/aromatic N) is 3. The van der Waals surface area contributed by atoms with E-state index in [1.54, 1.807) is 0 Å². The van der Waals surface area contributed by atoms with Crippen molar-refractivity contribution < 1.29 is 0 Å². The van der Waals surface area contributed by atoms with Crippen molar-refractivity contribution >= 4 is 33.5 Å². The molecule has 0 amide bonds. The number of para-hydroxylation sites is 1. The fourth-order valence-electron chi connectivity index (χ4n) is 2.30. The second-order valence-electron chi connectivity index (χ2n) is 4.02. The van der Waals surface area contributed by atoms with Gasteiger partial charge in [-0.15, -0.1) is 0 Å². The van der Waals surface area contributed by atoms with Crippen LogP contribution in [0.1, 0.15) is 12.7 Å². The predicted molar refractivity (Wildman–Crippen MR) is 70.5 cm³/mol. The molecule has 1 aromatic carbocycles. The first kappa shape index (κ1) is 10.5. The van der Waals surface area contributed by atoms with Gasteiger partial charge in [-0.1, -0.05) is 29.8 Å². The van der Waals surface area contributed by atoms with Crippen LogP contribution in [0, 0.1) is 6.92 Å². The first-order chi connectivity index (χ1) is 8.22. The number of halogens is 1. The van der Waals surface area contributed by atoms with Crippen molar-refractivity contribution in [2.75, 3.05) is 0 Å². The van der Waals surface area contributed by atoms with Gasteiger partial charge in [0, 0.05) is 11.9 Å². The largest absolute Gasteiger partial charge is 0.328 e. The van der Waals surface area contributed by atoms with E-state index >= 15 is 0 Å². The highest BCUT2D eigenvalue weighted by atomic mass is 35.5. The summed E-state index contributed by atoms with van der Waals surface area (Å²) < 4.78 is 2.17. The summed E-state index contributed by atoms with van der Waals surface area (Å²) in [6, 6.07) is 8.02. The highest BCUT2D eigenvalue weighted by Crippen LogP contribution is 2.29. The molecule has 0 fully saturated rings. The van der Waals surface area contributed by atoms with Crippen molar-refractivity contribution in [1.29, 1.82) is 0 Å². The zero-order chi connectivity index (χ0) is 12.0. The second kappa shape index (κ2) is 3.70. The second-order valence-corrected chi connectivity index (χ2v) is 4.38. The summed E-state index contributed by atoms with van der Waals surface area (Å²) in [6.45, 7) is 4.98. The average Bonchev–Trinajstić information content (AvgIpc) is 2.67. The highest BCUT2D eigenvalue weighted by Gasteiger charge is 2.13. The van der Waals surface area contributed by atoms with Crippen molar-refractivity contribution in [2.45, 2.75) is 20.4 Å². The minimum atomic E-state index is 0.481. The topological polar surface area (TPSA) is 30.7 Å². The Balaban J connectivity index is 2.62. The van der Waals surface area contributed by atoms with Gasteiger partial charge in [-0.3, -0.25) is 0 Å². The van der Waals surface area contributed by atoms with Crippen LogP contribution in [0.4, 0.5) is 0 Å². The van der Waals surface area contributed by atoms with Crippen LogP contribution < -0.4 is 0 Å². The van der Waals surface area contributed by atoms with E-state index in [2.05, 4.69) is 27.5 Å². The Hall–Kier alpha value is -1.61. The Labute approximate surface area is 104 Å². The summed E-state index contributed by atoms with van der Waals surface area (Å²) in [4.78, 5) is 8.88. The van der Waals surface area contributed by atoms with Crippen LogP contribution in [0.2, 0.25) is 5.15 Å². The highest BCUT2D eigenvalue weighted by molar-refractivity contribution is 6.35. The summed E-state index contributed by atoms with van der Waals surface area (Å²) in [6.07, 6.45) is 0. The zero-order valence-electron chi connectivity index (χ0n) is 9.74. The van der Waals surface area contributed by atoms with Crippen LogP contribution in [0.3, 0.4) is 0 Å². The SMILES string of the molecule is CCn1c(C)nc2c(Cl)nc3ccccc3c21. The molecule has 0 bridgehead atoms. The molecule has 0 aliphatic carbocycles. The van der Waals surface area contributed by atoms with Gasteiger partial charge in [-0.25, -0.2) is 9.97 Å². The molecule has 0 atom stereocenters. The van der Waals surface area contributed by atoms with E-state index in [-0.39, 0.29) is 0 Å². The van der Waals surface area contributed by atoms with Crippen molar-refractivity contribution in [2.24, 2.45) is 0 Å². The molecule has 2 heterocycles. The van der Waals surface area contributed by atoms with Crippen LogP contribution in [-0.2, 0) is 6.54 Å². The van der Waals surface area contributed by atoms with Gasteiger partial charge in [0.15, 0.2) is 5.15 Å². The van der Waals surface area contributed by atoms with Gasteiger partial charge in [-0.05, 0) is 19.9 Å². The Morgan fingerprint density at radius 1 is 1.24 bits per heavy atom. The van der Waals surface area contributed by atoms with Crippen molar-refractivity contribution in [3.8, 4) is 0 Å². The summed E-state index contributed by atoms with van der Waals surface area (Å²) in [5.74, 6) is 0.975. The third kappa shape index (κ3) is 1.42. The molecular formula is C13H12ClN3. The molecule has 3 rings (SSSR count). The van der Waals surface area contributed by atoms with E-state index in [0.29, 0.717) is 5.15 Å². The molecule has 0 aliphatic rings. The number of fused-ring (bicyclic) bond motifs is 3. The molecule has 4 heteroatoms. The average molecular weight is 246 g/mol. The Bertz CT molecular complexity index is 715. The van der Waals surface area contributed by atoms with Crippen LogP contribution >= 0.6 is 11.6 Å². The van der Waals surface area contributed by atoms with E-state index < -0.39 is 0 Å². The minimum absolute atomic E-state index is 0.481. The van der Waals surface area contributed by atoms with Gasteiger partial charge in [0.25, 0.3) is 0 Å². The van der Waals surface area contributed by atoms with Gasteiger partial charge in [0.2, 0.25) is 0 Å². The lowest BCUT2D eigenvalue weighted by atomic mass is 10.2. The lowest BCUT2D eigenvalue weighted by Crippen LogP contribution is -1.97. The third-order valence-electron chi connectivity index (χ3n) is 3.05. The van der Waals surface area contributed by atoms with Crippen molar-refractivity contribution in [1.82, 2.24) is 14.5 Å². The van der Waals surface area contributed by atoms with E-state index in [1.165, 1.54) is 0 Å². The van der Waals surface area contributed by atoms with E-state index in [9.17, 15) is 0 Å². The van der Waals surface area contributed by atoms with Crippen LogP contribution in [0.5, 0.6) is 0 Å². The fraction of sp³-hybridized carbons (Fsp3) is 0.231. The molecule has 0 aliphatic heterocycles. The van der Waals surface area contributed by atoms with Gasteiger partial charge < -0.3 is 4.57 Å². The Kier molecular flexibility index (Phi) is 2.30. The molecular weight excluding hydrogens is 234 g/mol. The number of aromatic nitrogens is 3. The Morgan fingerprint density at radius 2 is 2.00 bits per heavy atom. The number of benzene rings is 1. The van der Waals surface area contributed by atoms with Crippen LogP contribution in [-0.4, -0.2) is 14.5 Å². The molecule has 3 nitrogen and oxygen atoms in total. The van der Waals surface area contributed by atoms with Gasteiger partial charge in [0.1, 0.15) is 11.3 Å². The summed E-state index contributed by atoms with van der Waals surface area (Å²) in [7, 11) is 0. The first-order valence-electron chi connectivity index (χ1n) is 5.63. The molecule has 0 saturated carbocycles. The molecule has 0 saturated heterocycles. The number of imidazole rings is 1. The molecule has 0 unspecified atom stereocenters. The summed E-state index contributed by atoms with van der Waals surface area (Å²) in [5.41, 5.74) is 2.80. The standard InChI is InChI=1S/C13H12ClN3/c1-3-17-8(2)15-11-12(17)9-6-4-5-7-10(9)16-13(11)14/h4-7H,3H2,1-2H3. The number of hydrogen-bond donors (Lipinski definition) is 0. The quantitative estimate of drug-likeness (QED) is 0.614. The maximum absolute atomic E-state index is 6.19. The summed E-state index contributed by atoms with van der Waals surface area (Å²) in [5, 5.41) is 1.59. The molecule has 2 aromatic heterocycles. The Morgan fingerprint density at radius 3 is 2.76 bits per heavy atom. The van der Waals surface area contributed by atoms with Crippen molar-refractivity contribution in [3.63, 3.8) is 0 Å². The number of hydrogen-bond acceptors (Lipinski definition) is 2. The minimum Gasteiger partial charge on any atom is -0.328 e. The number of aryl methyl sites for hydroxylation is 2. The van der Waals surface area contributed by atoms with Crippen molar-refractivity contribution in [3.05, 3.63) is 35.2 Å². The monoisotopic (exact) mass is 245 g/mol. The maximum atomic E-state index is 6.19. The predicted octanol–water partition coefficient (Wildman–Crippen LogP) is 3.57. The summed E-state index contributed by atoms with van der Waals surface area (Å²) >= 11 is 6.19. The molecule has 0 radical (unpaired) electrons. The molecule has 0 spiro atoms. The molecule has 3 aromatic rings. The smallest absolute Gasteiger partial charge is 0.157 e. The lowest BCUT2D eigenvalue weighted by Gasteiger charge is -2.05. The van der Waals surface area contributed by atoms with Crippen LogP contribution in [0.15, 0.2) is 24.3 Å².